The first-order valence-corrected chi connectivity index (χ1v) is 12.4. The zero-order valence-corrected chi connectivity index (χ0v) is 21.3. The Morgan fingerprint density at radius 1 is 1.00 bits per heavy atom. The van der Waals surface area contributed by atoms with E-state index in [1.807, 2.05) is 81.4 Å². The van der Waals surface area contributed by atoms with Crippen LogP contribution in [-0.2, 0) is 12.0 Å². The van der Waals surface area contributed by atoms with Crippen LogP contribution in [0.3, 0.4) is 0 Å². The maximum atomic E-state index is 12.9. The lowest BCUT2D eigenvalue weighted by Crippen LogP contribution is -2.22. The van der Waals surface area contributed by atoms with Crippen molar-refractivity contribution in [3.63, 3.8) is 0 Å². The van der Waals surface area contributed by atoms with Gasteiger partial charge in [0.05, 0.1) is 23.4 Å². The lowest BCUT2D eigenvalue weighted by atomic mass is 9.92. The predicted molar refractivity (Wildman–Crippen MR) is 145 cm³/mol. The predicted octanol–water partition coefficient (Wildman–Crippen LogP) is 4.32. The molecule has 5 aromatic rings. The van der Waals surface area contributed by atoms with Gasteiger partial charge < -0.3 is 0 Å². The number of carbonyl (C=O) groups excluding carboxylic acids is 1. The van der Waals surface area contributed by atoms with Gasteiger partial charge in [-0.05, 0) is 35.9 Å². The van der Waals surface area contributed by atoms with E-state index in [1.165, 1.54) is 3.96 Å². The van der Waals surface area contributed by atoms with Gasteiger partial charge in [0.1, 0.15) is 11.6 Å². The van der Waals surface area contributed by atoms with Gasteiger partial charge in [-0.15, -0.1) is 0 Å². The van der Waals surface area contributed by atoms with Crippen LogP contribution < -0.4 is 21.2 Å². The van der Waals surface area contributed by atoms with Gasteiger partial charge >= 0.3 is 16.6 Å². The van der Waals surface area contributed by atoms with Crippen LogP contribution in [-0.4, -0.2) is 29.7 Å². The highest BCUT2D eigenvalue weighted by Gasteiger charge is 2.22. The number of urea groups is 1. The molecule has 0 aliphatic rings. The van der Waals surface area contributed by atoms with Gasteiger partial charge in [0.15, 0.2) is 0 Å². The van der Waals surface area contributed by atoms with Crippen LogP contribution in [0, 0.1) is 0 Å². The summed E-state index contributed by atoms with van der Waals surface area (Å²) in [6.45, 7) is 6.42. The largest absolute Gasteiger partial charge is 0.338 e. The monoisotopic (exact) mass is 515 g/mol. The van der Waals surface area contributed by atoms with E-state index in [0.717, 1.165) is 39.4 Å². The molecule has 0 saturated carbocycles. The number of benzene rings is 2. The molecule has 0 saturated heterocycles. The van der Waals surface area contributed by atoms with E-state index in [4.69, 9.17) is 5.10 Å². The van der Waals surface area contributed by atoms with Crippen molar-refractivity contribution in [1.82, 2.24) is 23.7 Å². The molecule has 0 aliphatic carbocycles. The number of fused-ring (bicyclic) bond motifs is 1. The lowest BCUT2D eigenvalue weighted by molar-refractivity contribution is 0.262. The minimum absolute atomic E-state index is 0.245. The summed E-state index contributed by atoms with van der Waals surface area (Å²) in [4.78, 5) is 42.5. The highest BCUT2D eigenvalue weighted by molar-refractivity contribution is 7.03. The number of aromatic amines is 1. The molecule has 0 radical (unpaired) electrons. The number of aromatic nitrogens is 5. The summed E-state index contributed by atoms with van der Waals surface area (Å²) in [5, 5.41) is 11.4. The molecule has 5 rings (SSSR count). The molecular weight excluding hydrogens is 490 g/mol. The SMILES string of the molecule is CC(C)(C)c1cc(NC(=O)Nc2ccc3ccccc3n2)n(-c2ccc(Cn3sc(=O)[nH]c3=O)cc2)n1. The van der Waals surface area contributed by atoms with Crippen LogP contribution in [0.2, 0.25) is 0 Å². The van der Waals surface area contributed by atoms with Crippen LogP contribution in [0.15, 0.2) is 76.3 Å². The Morgan fingerprint density at radius 3 is 2.46 bits per heavy atom. The van der Waals surface area contributed by atoms with Gasteiger partial charge in [-0.25, -0.2) is 23.2 Å². The molecule has 10 nitrogen and oxygen atoms in total. The smallest absolute Gasteiger partial charge is 0.292 e. The van der Waals surface area contributed by atoms with Gasteiger partial charge in [0, 0.05) is 28.4 Å². The second-order valence-corrected chi connectivity index (χ2v) is 10.6. The molecule has 0 spiro atoms. The van der Waals surface area contributed by atoms with Crippen molar-refractivity contribution in [1.29, 1.82) is 0 Å². The Labute approximate surface area is 215 Å². The molecule has 0 aliphatic heterocycles. The van der Waals surface area contributed by atoms with Crippen LogP contribution in [0.25, 0.3) is 16.6 Å². The number of carbonyl (C=O) groups is 1. The van der Waals surface area contributed by atoms with Crippen molar-refractivity contribution >= 4 is 40.1 Å². The molecule has 2 aromatic carbocycles. The number of rotatable bonds is 5. The van der Waals surface area contributed by atoms with Crippen LogP contribution in [0.5, 0.6) is 0 Å². The first-order valence-electron chi connectivity index (χ1n) is 11.6. The number of amides is 2. The van der Waals surface area contributed by atoms with E-state index in [2.05, 4.69) is 20.6 Å². The Kier molecular flexibility index (Phi) is 6.22. The maximum absolute atomic E-state index is 12.9. The normalized spacial score (nSPS) is 11.5. The minimum atomic E-state index is -0.442. The average Bonchev–Trinajstić information content (AvgIpc) is 3.41. The van der Waals surface area contributed by atoms with E-state index in [1.54, 1.807) is 10.7 Å². The molecule has 2 amide bonds. The number of hydrogen-bond acceptors (Lipinski definition) is 6. The first-order chi connectivity index (χ1) is 17.7. The summed E-state index contributed by atoms with van der Waals surface area (Å²) in [7, 11) is 0. The fourth-order valence-corrected chi connectivity index (χ4v) is 4.43. The quantitative estimate of drug-likeness (QED) is 0.321. The number of nitrogens with zero attached hydrogens (tertiary/aromatic N) is 4. The summed E-state index contributed by atoms with van der Waals surface area (Å²) >= 11 is 0.842. The second kappa shape index (κ2) is 9.51. The van der Waals surface area contributed by atoms with Crippen molar-refractivity contribution in [2.45, 2.75) is 32.7 Å². The maximum Gasteiger partial charge on any atom is 0.338 e. The number of pyridine rings is 1. The van der Waals surface area contributed by atoms with Crippen molar-refractivity contribution in [2.24, 2.45) is 0 Å². The van der Waals surface area contributed by atoms with Crippen molar-refractivity contribution < 1.29 is 4.79 Å². The third kappa shape index (κ3) is 5.36. The molecule has 37 heavy (non-hydrogen) atoms. The highest BCUT2D eigenvalue weighted by Crippen LogP contribution is 2.27. The third-order valence-corrected chi connectivity index (χ3v) is 6.48. The minimum Gasteiger partial charge on any atom is -0.292 e. The number of H-pyrrole nitrogens is 1. The molecule has 0 atom stereocenters. The molecule has 3 N–H and O–H groups in total. The first kappa shape index (κ1) is 24.2. The fraction of sp³-hybridized carbons (Fsp3) is 0.192. The summed E-state index contributed by atoms with van der Waals surface area (Å²) in [5.74, 6) is 0.931. The molecule has 0 fully saturated rings. The van der Waals surface area contributed by atoms with E-state index in [-0.39, 0.29) is 16.8 Å². The molecule has 3 aromatic heterocycles. The Bertz CT molecular complexity index is 1710. The third-order valence-electron chi connectivity index (χ3n) is 5.70. The molecular formula is C26H25N7O3S. The Hall–Kier alpha value is -4.51. The summed E-state index contributed by atoms with van der Waals surface area (Å²) in [5.41, 5.74) is 2.49. The van der Waals surface area contributed by atoms with Crippen LogP contribution >= 0.6 is 11.5 Å². The topological polar surface area (TPSA) is 127 Å². The standard InChI is InChI=1S/C26H25N7O3S/c1-26(2,3)20-14-22(29-23(34)28-21-13-10-17-6-4-5-7-19(17)27-21)33(31-20)18-11-8-16(9-12-18)15-32-24(35)30-25(36)37-32/h4-14H,15H2,1-3H3,(H,30,35,36)(H2,27,28,29,34). The molecule has 11 heteroatoms. The number of anilines is 2. The van der Waals surface area contributed by atoms with Gasteiger partial charge in [-0.2, -0.15) is 5.10 Å². The van der Waals surface area contributed by atoms with Crippen LogP contribution in [0.1, 0.15) is 32.0 Å². The van der Waals surface area contributed by atoms with Gasteiger partial charge in [0.25, 0.3) is 0 Å². The molecule has 0 unspecified atom stereocenters. The Balaban J connectivity index is 1.39. The zero-order valence-electron chi connectivity index (χ0n) is 20.5. The van der Waals surface area contributed by atoms with Crippen molar-refractivity contribution in [3.8, 4) is 5.69 Å². The molecule has 0 bridgehead atoms. The van der Waals surface area contributed by atoms with Crippen molar-refractivity contribution in [3.05, 3.63) is 98.1 Å². The van der Waals surface area contributed by atoms with Gasteiger partial charge in [0.2, 0.25) is 0 Å². The number of nitrogens with one attached hydrogen (secondary N) is 3. The van der Waals surface area contributed by atoms with E-state index in [0.29, 0.717) is 11.6 Å². The molecule has 188 valence electrons. The zero-order chi connectivity index (χ0) is 26.2. The summed E-state index contributed by atoms with van der Waals surface area (Å²) in [6, 6.07) is 20.2. The van der Waals surface area contributed by atoms with E-state index >= 15 is 0 Å². The number of hydrogen-bond donors (Lipinski definition) is 3. The van der Waals surface area contributed by atoms with Gasteiger partial charge in [-0.1, -0.05) is 51.1 Å². The Morgan fingerprint density at radius 2 is 1.76 bits per heavy atom. The van der Waals surface area contributed by atoms with E-state index in [9.17, 15) is 14.4 Å². The summed E-state index contributed by atoms with van der Waals surface area (Å²) < 4.78 is 3.03. The fourth-order valence-electron chi connectivity index (χ4n) is 3.76. The highest BCUT2D eigenvalue weighted by atomic mass is 32.1. The average molecular weight is 516 g/mol. The molecule has 3 heterocycles. The van der Waals surface area contributed by atoms with Gasteiger partial charge in [-0.3, -0.25) is 20.4 Å². The summed E-state index contributed by atoms with van der Waals surface area (Å²) in [6.07, 6.45) is 0. The number of para-hydroxylation sites is 1. The van der Waals surface area contributed by atoms with Crippen LogP contribution in [0.4, 0.5) is 16.4 Å². The van der Waals surface area contributed by atoms with E-state index < -0.39 is 11.7 Å². The van der Waals surface area contributed by atoms with Crippen molar-refractivity contribution in [2.75, 3.05) is 10.6 Å². The second-order valence-electron chi connectivity index (χ2n) is 9.56. The lowest BCUT2D eigenvalue weighted by Gasteiger charge is -2.14.